The summed E-state index contributed by atoms with van der Waals surface area (Å²) in [6.45, 7) is 1.87. The smallest absolute Gasteiger partial charge is 0.348 e. The van der Waals surface area contributed by atoms with Gasteiger partial charge in [-0.15, -0.1) is 0 Å². The Morgan fingerprint density at radius 1 is 1.03 bits per heavy atom. The van der Waals surface area contributed by atoms with Crippen LogP contribution in [0.4, 0.5) is 30.7 Å². The maximum atomic E-state index is 14.5. The first-order valence-electron chi connectivity index (χ1n) is 10.9. The molecule has 4 atom stereocenters. The monoisotopic (exact) mass is 489 g/mol. The number of nitrogens with one attached hydrogen (secondary N) is 1. The number of hydrogen-bond donors (Lipinski definition) is 1. The van der Waals surface area contributed by atoms with Crippen molar-refractivity contribution in [2.24, 2.45) is 11.8 Å². The average Bonchev–Trinajstić information content (AvgIpc) is 3.22. The molecule has 2 aliphatic rings. The normalized spacial score (nSPS) is 23.7. The number of rotatable bonds is 4. The average molecular weight is 489 g/mol. The molecule has 0 spiro atoms. The van der Waals surface area contributed by atoms with Gasteiger partial charge in [-0.25, -0.2) is 14.4 Å². The lowest BCUT2D eigenvalue weighted by molar-refractivity contribution is -0.348. The van der Waals surface area contributed by atoms with Gasteiger partial charge in [-0.3, -0.25) is 4.79 Å². The molecule has 1 aromatic carbocycles. The van der Waals surface area contributed by atoms with Crippen molar-refractivity contribution in [3.63, 3.8) is 0 Å². The van der Waals surface area contributed by atoms with Gasteiger partial charge in [0.1, 0.15) is 12.0 Å². The standard InChI is InChI=1S/C23H22F7N3O/c1-12(33-20(34)19-8-9-31-11-32-19)15-6-7-18-16-5-3-14(10-13(16)2-4-17(15)18)21(24,22(25,26)27)23(28,29)30/h3,5,8-12,15,17-18H,2,4,6-7H2,1H3,(H,33,34)/t12?,15-,17?,18?/m0/s1. The van der Waals surface area contributed by atoms with Crippen molar-refractivity contribution in [3.05, 3.63) is 59.2 Å². The lowest BCUT2D eigenvalue weighted by Crippen LogP contribution is -2.50. The van der Waals surface area contributed by atoms with Crippen LogP contribution >= 0.6 is 0 Å². The molecular weight excluding hydrogens is 467 g/mol. The molecule has 0 bridgehead atoms. The largest absolute Gasteiger partial charge is 0.435 e. The van der Waals surface area contributed by atoms with Crippen LogP contribution in [0.5, 0.6) is 0 Å². The molecular formula is C23H22F7N3O. The maximum absolute atomic E-state index is 14.5. The summed E-state index contributed by atoms with van der Waals surface area (Å²) >= 11 is 0. The summed E-state index contributed by atoms with van der Waals surface area (Å²) in [5, 5.41) is 2.93. The van der Waals surface area contributed by atoms with Crippen LogP contribution in [0.1, 0.15) is 59.3 Å². The first-order valence-corrected chi connectivity index (χ1v) is 10.9. The molecule has 1 aromatic heterocycles. The fraction of sp³-hybridized carbons (Fsp3) is 0.522. The van der Waals surface area contributed by atoms with Gasteiger partial charge in [0.15, 0.2) is 0 Å². The maximum Gasteiger partial charge on any atom is 0.435 e. The van der Waals surface area contributed by atoms with E-state index in [0.29, 0.717) is 30.0 Å². The van der Waals surface area contributed by atoms with Gasteiger partial charge >= 0.3 is 18.0 Å². The van der Waals surface area contributed by atoms with Crippen LogP contribution in [-0.4, -0.2) is 34.3 Å². The van der Waals surface area contributed by atoms with E-state index in [2.05, 4.69) is 15.3 Å². The van der Waals surface area contributed by atoms with Crippen LogP contribution < -0.4 is 5.32 Å². The van der Waals surface area contributed by atoms with Crippen LogP contribution in [0.2, 0.25) is 0 Å². The van der Waals surface area contributed by atoms with E-state index in [1.165, 1.54) is 24.7 Å². The summed E-state index contributed by atoms with van der Waals surface area (Å²) in [6, 6.07) is 3.81. The van der Waals surface area contributed by atoms with E-state index >= 15 is 0 Å². The number of hydrogen-bond acceptors (Lipinski definition) is 3. The van der Waals surface area contributed by atoms with E-state index in [0.717, 1.165) is 12.5 Å². The number of amides is 1. The summed E-state index contributed by atoms with van der Waals surface area (Å²) < 4.78 is 93.5. The molecule has 0 saturated heterocycles. The Hall–Kier alpha value is -2.72. The second kappa shape index (κ2) is 8.49. The third-order valence-corrected chi connectivity index (χ3v) is 7.16. The number of carbonyl (C=O) groups is 1. The van der Waals surface area contributed by atoms with Gasteiger partial charge < -0.3 is 5.32 Å². The number of benzene rings is 1. The number of halogens is 7. The Balaban J connectivity index is 1.55. The first kappa shape index (κ1) is 24.4. The van der Waals surface area contributed by atoms with Crippen LogP contribution in [0.3, 0.4) is 0 Å². The third-order valence-electron chi connectivity index (χ3n) is 7.16. The van der Waals surface area contributed by atoms with E-state index < -0.39 is 23.6 Å². The van der Waals surface area contributed by atoms with Gasteiger partial charge in [0.25, 0.3) is 5.91 Å². The van der Waals surface area contributed by atoms with Gasteiger partial charge in [-0.2, -0.15) is 26.3 Å². The second-order valence-electron chi connectivity index (χ2n) is 8.97. The Morgan fingerprint density at radius 2 is 1.74 bits per heavy atom. The lowest BCUT2D eigenvalue weighted by Gasteiger charge is -2.36. The number of aromatic nitrogens is 2. The SMILES string of the molecule is CC(NC(=O)c1ccncn1)[C@@H]1CCC2c3ccc(C(F)(C(F)(F)F)C(F)(F)F)cc3CCC21. The van der Waals surface area contributed by atoms with Crippen molar-refractivity contribution in [2.45, 2.75) is 62.6 Å². The zero-order chi connectivity index (χ0) is 24.9. The van der Waals surface area contributed by atoms with Crippen molar-refractivity contribution in [1.29, 1.82) is 0 Å². The minimum Gasteiger partial charge on any atom is -0.348 e. The highest BCUT2D eigenvalue weighted by Gasteiger charge is 2.73. The lowest BCUT2D eigenvalue weighted by atomic mass is 9.72. The van der Waals surface area contributed by atoms with E-state index in [1.807, 2.05) is 6.92 Å². The van der Waals surface area contributed by atoms with Crippen molar-refractivity contribution in [2.75, 3.05) is 0 Å². The molecule has 4 nitrogen and oxygen atoms in total. The van der Waals surface area contributed by atoms with Gasteiger partial charge in [-0.1, -0.05) is 18.2 Å². The van der Waals surface area contributed by atoms with Crippen molar-refractivity contribution in [1.82, 2.24) is 15.3 Å². The zero-order valence-corrected chi connectivity index (χ0v) is 18.1. The van der Waals surface area contributed by atoms with Crippen LogP contribution in [0, 0.1) is 11.8 Å². The highest BCUT2D eigenvalue weighted by Crippen LogP contribution is 2.55. The van der Waals surface area contributed by atoms with Gasteiger partial charge in [0.05, 0.1) is 0 Å². The van der Waals surface area contributed by atoms with E-state index in [9.17, 15) is 35.5 Å². The number of fused-ring (bicyclic) bond motifs is 3. The predicted octanol–water partition coefficient (Wildman–Crippen LogP) is 5.64. The minimum absolute atomic E-state index is 0.0769. The van der Waals surface area contributed by atoms with Gasteiger partial charge in [-0.05, 0) is 67.6 Å². The molecule has 2 aromatic rings. The molecule has 1 saturated carbocycles. The van der Waals surface area contributed by atoms with Crippen LogP contribution in [0.15, 0.2) is 36.8 Å². The van der Waals surface area contributed by atoms with Gasteiger partial charge in [0, 0.05) is 17.8 Å². The number of aryl methyl sites for hydroxylation is 1. The summed E-state index contributed by atoms with van der Waals surface area (Å²) in [7, 11) is 0. The Labute approximate surface area is 191 Å². The van der Waals surface area contributed by atoms with Crippen molar-refractivity contribution >= 4 is 5.91 Å². The molecule has 3 unspecified atom stereocenters. The number of nitrogens with zero attached hydrogens (tertiary/aromatic N) is 2. The summed E-state index contributed by atoms with van der Waals surface area (Å²) in [4.78, 5) is 20.1. The molecule has 11 heteroatoms. The quantitative estimate of drug-likeness (QED) is 0.566. The molecule has 1 N–H and O–H groups in total. The number of carbonyl (C=O) groups excluding carboxylic acids is 1. The Morgan fingerprint density at radius 3 is 2.35 bits per heavy atom. The molecule has 1 amide bonds. The second-order valence-corrected chi connectivity index (χ2v) is 8.97. The van der Waals surface area contributed by atoms with E-state index in [1.54, 1.807) is 0 Å². The highest BCUT2D eigenvalue weighted by atomic mass is 19.4. The molecule has 0 radical (unpaired) electrons. The fourth-order valence-corrected chi connectivity index (χ4v) is 5.54. The Bertz CT molecular complexity index is 1040. The summed E-state index contributed by atoms with van der Waals surface area (Å²) in [6.07, 6.45) is -7.38. The first-order chi connectivity index (χ1) is 15.8. The highest BCUT2D eigenvalue weighted by molar-refractivity contribution is 5.92. The van der Waals surface area contributed by atoms with Crippen LogP contribution in [0.25, 0.3) is 0 Å². The summed E-state index contributed by atoms with van der Waals surface area (Å²) in [5.41, 5.74) is -5.67. The fourth-order valence-electron chi connectivity index (χ4n) is 5.54. The topological polar surface area (TPSA) is 54.9 Å². The zero-order valence-electron chi connectivity index (χ0n) is 18.1. The molecule has 0 aliphatic heterocycles. The summed E-state index contributed by atoms with van der Waals surface area (Å²) in [5.74, 6) is -0.251. The molecule has 4 rings (SSSR count). The van der Waals surface area contributed by atoms with Crippen LogP contribution in [-0.2, 0) is 12.1 Å². The predicted molar refractivity (Wildman–Crippen MR) is 108 cm³/mol. The number of alkyl halides is 7. The third kappa shape index (κ3) is 4.02. The molecule has 1 fully saturated rings. The van der Waals surface area contributed by atoms with E-state index in [4.69, 9.17) is 0 Å². The molecule has 1 heterocycles. The molecule has 2 aliphatic carbocycles. The molecule has 34 heavy (non-hydrogen) atoms. The Kier molecular flexibility index (Phi) is 6.10. The van der Waals surface area contributed by atoms with Crippen molar-refractivity contribution in [3.8, 4) is 0 Å². The molecule has 184 valence electrons. The van der Waals surface area contributed by atoms with Gasteiger partial charge in [0.2, 0.25) is 0 Å². The van der Waals surface area contributed by atoms with Crippen molar-refractivity contribution < 1.29 is 35.5 Å². The minimum atomic E-state index is -6.13. The van der Waals surface area contributed by atoms with E-state index in [-0.39, 0.29) is 41.8 Å².